The second kappa shape index (κ2) is 4.69. The van der Waals surface area contributed by atoms with Crippen LogP contribution in [0, 0.1) is 6.92 Å². The van der Waals surface area contributed by atoms with E-state index in [4.69, 9.17) is 0 Å². The fraction of sp³-hybridized carbons (Fsp3) is 0.500. The number of hydrogen-bond acceptors (Lipinski definition) is 1. The van der Waals surface area contributed by atoms with Crippen molar-refractivity contribution in [1.29, 1.82) is 0 Å². The predicted octanol–water partition coefficient (Wildman–Crippen LogP) is 4.10. The van der Waals surface area contributed by atoms with Crippen molar-refractivity contribution in [2.45, 2.75) is 46.1 Å². The smallest absolute Gasteiger partial charge is 0.0960 e. The maximum Gasteiger partial charge on any atom is 0.0960 e. The minimum atomic E-state index is 0.595. The van der Waals surface area contributed by atoms with Crippen LogP contribution >= 0.6 is 0 Å². The maximum atomic E-state index is 4.49. The quantitative estimate of drug-likeness (QED) is 0.752. The van der Waals surface area contributed by atoms with Crippen molar-refractivity contribution in [2.24, 2.45) is 0 Å². The van der Waals surface area contributed by atoms with E-state index < -0.39 is 0 Å². The Bertz CT molecular complexity index is 471. The van der Waals surface area contributed by atoms with Crippen molar-refractivity contribution in [2.75, 3.05) is 0 Å². The fourth-order valence-electron chi connectivity index (χ4n) is 2.31. The minimum absolute atomic E-state index is 0.595. The summed E-state index contributed by atoms with van der Waals surface area (Å²) >= 11 is 0. The molecule has 2 heteroatoms. The van der Waals surface area contributed by atoms with Crippen molar-refractivity contribution in [3.8, 4) is 0 Å². The number of benzene rings is 1. The zero-order chi connectivity index (χ0) is 11.5. The van der Waals surface area contributed by atoms with E-state index in [1.807, 2.05) is 6.33 Å². The van der Waals surface area contributed by atoms with Crippen LogP contribution in [0.5, 0.6) is 0 Å². The first-order valence-corrected chi connectivity index (χ1v) is 6.19. The number of nitrogens with zero attached hydrogens (tertiary/aromatic N) is 2. The molecule has 1 unspecified atom stereocenters. The molecule has 2 aromatic rings. The average molecular weight is 216 g/mol. The Morgan fingerprint density at radius 1 is 1.31 bits per heavy atom. The van der Waals surface area contributed by atoms with Crippen LogP contribution in [0.1, 0.15) is 44.7 Å². The van der Waals surface area contributed by atoms with Crippen molar-refractivity contribution >= 4 is 11.0 Å². The molecule has 0 saturated carbocycles. The molecule has 16 heavy (non-hydrogen) atoms. The number of fused-ring (bicyclic) bond motifs is 1. The van der Waals surface area contributed by atoms with Gasteiger partial charge < -0.3 is 4.57 Å². The van der Waals surface area contributed by atoms with Crippen LogP contribution in [0.3, 0.4) is 0 Å². The third kappa shape index (κ3) is 1.97. The molecule has 0 aliphatic heterocycles. The number of imidazole rings is 1. The van der Waals surface area contributed by atoms with Gasteiger partial charge in [-0.25, -0.2) is 4.98 Å². The van der Waals surface area contributed by atoms with E-state index in [0.29, 0.717) is 6.04 Å². The molecule has 0 amide bonds. The molecule has 1 atom stereocenters. The van der Waals surface area contributed by atoms with Crippen molar-refractivity contribution in [1.82, 2.24) is 9.55 Å². The fourth-order valence-corrected chi connectivity index (χ4v) is 2.31. The van der Waals surface area contributed by atoms with Crippen LogP contribution < -0.4 is 0 Å². The van der Waals surface area contributed by atoms with E-state index in [-0.39, 0.29) is 0 Å². The first kappa shape index (κ1) is 11.2. The highest BCUT2D eigenvalue weighted by atomic mass is 15.1. The monoisotopic (exact) mass is 216 g/mol. The Morgan fingerprint density at radius 2 is 2.12 bits per heavy atom. The maximum absolute atomic E-state index is 4.49. The summed E-state index contributed by atoms with van der Waals surface area (Å²) in [5.41, 5.74) is 3.67. The molecule has 2 nitrogen and oxygen atoms in total. The Labute approximate surface area is 97.3 Å². The lowest BCUT2D eigenvalue weighted by molar-refractivity contribution is 0.458. The van der Waals surface area contributed by atoms with E-state index in [1.54, 1.807) is 0 Å². The Morgan fingerprint density at radius 3 is 2.81 bits per heavy atom. The lowest BCUT2D eigenvalue weighted by Crippen LogP contribution is -2.06. The summed E-state index contributed by atoms with van der Waals surface area (Å²) in [6.07, 6.45) is 5.63. The van der Waals surface area contributed by atoms with Gasteiger partial charge in [-0.1, -0.05) is 26.3 Å². The van der Waals surface area contributed by atoms with Gasteiger partial charge >= 0.3 is 0 Å². The number of aromatic nitrogens is 2. The van der Waals surface area contributed by atoms with Gasteiger partial charge in [0.25, 0.3) is 0 Å². The first-order chi connectivity index (χ1) is 7.76. The van der Waals surface area contributed by atoms with Gasteiger partial charge in [0.05, 0.1) is 17.4 Å². The lowest BCUT2D eigenvalue weighted by Gasteiger charge is -2.16. The zero-order valence-electron chi connectivity index (χ0n) is 10.4. The molecule has 1 heterocycles. The molecule has 1 aromatic carbocycles. The molecule has 0 radical (unpaired) electrons. The molecule has 1 aromatic heterocycles. The summed E-state index contributed by atoms with van der Waals surface area (Å²) in [5.74, 6) is 0. The van der Waals surface area contributed by atoms with Crippen LogP contribution in [-0.2, 0) is 0 Å². The molecule has 0 saturated heterocycles. The zero-order valence-corrected chi connectivity index (χ0v) is 10.4. The second-order valence-corrected chi connectivity index (χ2v) is 4.49. The summed E-state index contributed by atoms with van der Waals surface area (Å²) in [6.45, 7) is 6.61. The molecule has 0 fully saturated rings. The molecule has 0 N–H and O–H groups in total. The normalized spacial score (nSPS) is 13.2. The highest BCUT2D eigenvalue weighted by Crippen LogP contribution is 2.24. The SMILES string of the molecule is CCCC(CC)n1cnc2cc(C)ccc21. The Kier molecular flexibility index (Phi) is 3.28. The van der Waals surface area contributed by atoms with Crippen LogP contribution in [0.4, 0.5) is 0 Å². The van der Waals surface area contributed by atoms with Crippen LogP contribution in [0.25, 0.3) is 11.0 Å². The minimum Gasteiger partial charge on any atom is -0.327 e. The van der Waals surface area contributed by atoms with Gasteiger partial charge in [-0.05, 0) is 37.5 Å². The van der Waals surface area contributed by atoms with Crippen LogP contribution in [0.15, 0.2) is 24.5 Å². The van der Waals surface area contributed by atoms with Crippen molar-refractivity contribution in [3.05, 3.63) is 30.1 Å². The molecule has 0 spiro atoms. The molecule has 0 aliphatic rings. The van der Waals surface area contributed by atoms with Crippen LogP contribution in [-0.4, -0.2) is 9.55 Å². The van der Waals surface area contributed by atoms with Crippen molar-refractivity contribution < 1.29 is 0 Å². The topological polar surface area (TPSA) is 17.8 Å². The molecular formula is C14H20N2. The third-order valence-electron chi connectivity index (χ3n) is 3.22. The molecule has 0 bridgehead atoms. The molecule has 86 valence electrons. The lowest BCUT2D eigenvalue weighted by atomic mass is 10.1. The predicted molar refractivity (Wildman–Crippen MR) is 68.7 cm³/mol. The summed E-state index contributed by atoms with van der Waals surface area (Å²) in [4.78, 5) is 4.49. The number of rotatable bonds is 4. The average Bonchev–Trinajstić information content (AvgIpc) is 2.68. The third-order valence-corrected chi connectivity index (χ3v) is 3.22. The van der Waals surface area contributed by atoms with Gasteiger partial charge in [-0.15, -0.1) is 0 Å². The summed E-state index contributed by atoms with van der Waals surface area (Å²) < 4.78 is 2.33. The summed E-state index contributed by atoms with van der Waals surface area (Å²) in [7, 11) is 0. The standard InChI is InChI=1S/C14H20N2/c1-4-6-12(5-2)16-10-15-13-9-11(3)7-8-14(13)16/h7-10,12H,4-6H2,1-3H3. The number of hydrogen-bond donors (Lipinski definition) is 0. The number of aryl methyl sites for hydroxylation is 1. The van der Waals surface area contributed by atoms with Crippen LogP contribution in [0.2, 0.25) is 0 Å². The Hall–Kier alpha value is -1.31. The first-order valence-electron chi connectivity index (χ1n) is 6.19. The van der Waals surface area contributed by atoms with E-state index >= 15 is 0 Å². The molecular weight excluding hydrogens is 196 g/mol. The highest BCUT2D eigenvalue weighted by Gasteiger charge is 2.10. The second-order valence-electron chi connectivity index (χ2n) is 4.49. The van der Waals surface area contributed by atoms with Gasteiger partial charge in [-0.2, -0.15) is 0 Å². The van der Waals surface area contributed by atoms with E-state index in [1.165, 1.54) is 30.3 Å². The van der Waals surface area contributed by atoms with Gasteiger partial charge in [-0.3, -0.25) is 0 Å². The summed E-state index contributed by atoms with van der Waals surface area (Å²) in [6, 6.07) is 7.11. The molecule has 2 rings (SSSR count). The van der Waals surface area contributed by atoms with E-state index in [0.717, 1.165) is 5.52 Å². The Balaban J connectivity index is 2.44. The summed E-state index contributed by atoms with van der Waals surface area (Å²) in [5, 5.41) is 0. The van der Waals surface area contributed by atoms with E-state index in [2.05, 4.69) is 48.5 Å². The van der Waals surface area contributed by atoms with Crippen molar-refractivity contribution in [3.63, 3.8) is 0 Å². The van der Waals surface area contributed by atoms with Gasteiger partial charge in [0.2, 0.25) is 0 Å². The molecule has 0 aliphatic carbocycles. The highest BCUT2D eigenvalue weighted by molar-refractivity contribution is 5.76. The van der Waals surface area contributed by atoms with Gasteiger partial charge in [0, 0.05) is 6.04 Å². The largest absolute Gasteiger partial charge is 0.327 e. The van der Waals surface area contributed by atoms with E-state index in [9.17, 15) is 0 Å². The van der Waals surface area contributed by atoms with Gasteiger partial charge in [0.15, 0.2) is 0 Å². The van der Waals surface area contributed by atoms with Gasteiger partial charge in [0.1, 0.15) is 0 Å².